The van der Waals surface area contributed by atoms with E-state index in [1.165, 1.54) is 0 Å². The first kappa shape index (κ1) is 10.2. The van der Waals surface area contributed by atoms with Crippen molar-refractivity contribution in [2.45, 2.75) is 0 Å². The van der Waals surface area contributed by atoms with Crippen LogP contribution in [0, 0.1) is 0 Å². The fraction of sp³-hybridized carbons (Fsp3) is 0.0909. The molecule has 0 aliphatic rings. The number of nitrogens with one attached hydrogen (secondary N) is 1. The number of aromatic nitrogens is 2. The summed E-state index contributed by atoms with van der Waals surface area (Å²) in [6, 6.07) is 9.36. The average Bonchev–Trinajstić information content (AvgIpc) is 2.33. The third-order valence-electron chi connectivity index (χ3n) is 1.98. The molecule has 1 aromatic heterocycles. The van der Waals surface area contributed by atoms with E-state index in [1.54, 1.807) is 13.2 Å². The Balaban J connectivity index is 2.22. The maximum absolute atomic E-state index is 5.73. The predicted octanol–water partition coefficient (Wildman–Crippen LogP) is 1.89. The van der Waals surface area contributed by atoms with Gasteiger partial charge >= 0.3 is 0 Å². The summed E-state index contributed by atoms with van der Waals surface area (Å²) in [6.45, 7) is 0. The Kier molecular flexibility index (Phi) is 2.86. The predicted molar refractivity (Wildman–Crippen MR) is 62.5 cm³/mol. The van der Waals surface area contributed by atoms with E-state index in [4.69, 9.17) is 10.5 Å². The number of benzene rings is 1. The summed E-state index contributed by atoms with van der Waals surface area (Å²) in [7, 11) is 1.73. The molecule has 0 saturated heterocycles. The topological polar surface area (TPSA) is 73.1 Å². The molecule has 5 heteroatoms. The zero-order valence-corrected chi connectivity index (χ0v) is 8.84. The molecule has 82 valence electrons. The third-order valence-corrected chi connectivity index (χ3v) is 1.98. The molecule has 0 aliphatic heterocycles. The molecule has 1 aromatic carbocycles. The van der Waals surface area contributed by atoms with Crippen LogP contribution < -0.4 is 15.8 Å². The second-order valence-electron chi connectivity index (χ2n) is 3.11. The summed E-state index contributed by atoms with van der Waals surface area (Å²) in [4.78, 5) is 8.05. The second-order valence-corrected chi connectivity index (χ2v) is 3.11. The van der Waals surface area contributed by atoms with E-state index < -0.39 is 0 Å². The summed E-state index contributed by atoms with van der Waals surface area (Å²) in [6.07, 6.45) is 1.54. The van der Waals surface area contributed by atoms with Crippen molar-refractivity contribution >= 4 is 11.8 Å². The van der Waals surface area contributed by atoms with Crippen LogP contribution in [-0.4, -0.2) is 17.0 Å². The molecule has 0 amide bonds. The van der Waals surface area contributed by atoms with Gasteiger partial charge in [0.05, 0.1) is 6.20 Å². The highest BCUT2D eigenvalue weighted by molar-refractivity contribution is 5.49. The van der Waals surface area contributed by atoms with Gasteiger partial charge in [-0.05, 0) is 12.1 Å². The highest BCUT2D eigenvalue weighted by Gasteiger charge is 2.05. The monoisotopic (exact) mass is 216 g/mol. The lowest BCUT2D eigenvalue weighted by Gasteiger charge is -2.07. The smallest absolute Gasteiger partial charge is 0.224 e. The van der Waals surface area contributed by atoms with Gasteiger partial charge in [0.2, 0.25) is 5.95 Å². The number of nitrogens with two attached hydrogens (primary N) is 1. The molecule has 1 heterocycles. The van der Waals surface area contributed by atoms with E-state index >= 15 is 0 Å². The molecule has 0 atom stereocenters. The van der Waals surface area contributed by atoms with Crippen molar-refractivity contribution in [2.75, 3.05) is 18.1 Å². The van der Waals surface area contributed by atoms with Crippen molar-refractivity contribution in [3.8, 4) is 11.5 Å². The molecule has 2 rings (SSSR count). The highest BCUT2D eigenvalue weighted by Crippen LogP contribution is 2.25. The van der Waals surface area contributed by atoms with Gasteiger partial charge in [-0.2, -0.15) is 4.98 Å². The van der Waals surface area contributed by atoms with Crippen molar-refractivity contribution in [3.63, 3.8) is 0 Å². The standard InChI is InChI=1S/C11H12N4O/c1-13-11-14-7-9(10(12)15-11)16-8-5-3-2-4-6-8/h2-7H,1H3,(H3,12,13,14,15). The molecule has 0 radical (unpaired) electrons. The minimum absolute atomic E-state index is 0.309. The Bertz CT molecular complexity index is 473. The molecule has 0 unspecified atom stereocenters. The third kappa shape index (κ3) is 2.20. The first-order chi connectivity index (χ1) is 7.79. The SMILES string of the molecule is CNc1ncc(Oc2ccccc2)c(N)n1. The van der Waals surface area contributed by atoms with Gasteiger partial charge in [0.15, 0.2) is 11.6 Å². The van der Waals surface area contributed by atoms with Gasteiger partial charge in [-0.1, -0.05) is 18.2 Å². The number of hydrogen-bond donors (Lipinski definition) is 2. The summed E-state index contributed by atoms with van der Waals surface area (Å²) in [5.74, 6) is 1.93. The van der Waals surface area contributed by atoms with Crippen LogP contribution in [0.15, 0.2) is 36.5 Å². The minimum atomic E-state index is 0.309. The van der Waals surface area contributed by atoms with Gasteiger partial charge < -0.3 is 15.8 Å². The Labute approximate surface area is 93.3 Å². The fourth-order valence-corrected chi connectivity index (χ4v) is 1.20. The number of para-hydroxylation sites is 1. The van der Waals surface area contributed by atoms with Crippen molar-refractivity contribution in [2.24, 2.45) is 0 Å². The molecule has 0 bridgehead atoms. The summed E-state index contributed by atoms with van der Waals surface area (Å²) in [5, 5.41) is 2.80. The van der Waals surface area contributed by atoms with Gasteiger partial charge in [0.25, 0.3) is 0 Å². The lowest BCUT2D eigenvalue weighted by Crippen LogP contribution is -2.01. The maximum Gasteiger partial charge on any atom is 0.224 e. The lowest BCUT2D eigenvalue weighted by atomic mass is 10.3. The van der Waals surface area contributed by atoms with Crippen LogP contribution in [0.3, 0.4) is 0 Å². The largest absolute Gasteiger partial charge is 0.452 e. The first-order valence-corrected chi connectivity index (χ1v) is 4.83. The molecule has 16 heavy (non-hydrogen) atoms. The van der Waals surface area contributed by atoms with E-state index in [0.717, 1.165) is 0 Å². The number of hydrogen-bond acceptors (Lipinski definition) is 5. The molecular formula is C11H12N4O. The van der Waals surface area contributed by atoms with Crippen molar-refractivity contribution < 1.29 is 4.74 Å². The van der Waals surface area contributed by atoms with Gasteiger partial charge in [-0.25, -0.2) is 4.98 Å². The molecule has 3 N–H and O–H groups in total. The Morgan fingerprint density at radius 2 is 2.00 bits per heavy atom. The van der Waals surface area contributed by atoms with Crippen LogP contribution in [0.25, 0.3) is 0 Å². The summed E-state index contributed by atoms with van der Waals surface area (Å²) >= 11 is 0. The fourth-order valence-electron chi connectivity index (χ4n) is 1.20. The van der Waals surface area contributed by atoms with E-state index in [9.17, 15) is 0 Å². The molecular weight excluding hydrogens is 204 g/mol. The second kappa shape index (κ2) is 4.48. The minimum Gasteiger partial charge on any atom is -0.452 e. The van der Waals surface area contributed by atoms with E-state index in [1.807, 2.05) is 30.3 Å². The Morgan fingerprint density at radius 1 is 1.25 bits per heavy atom. The van der Waals surface area contributed by atoms with E-state index in [-0.39, 0.29) is 0 Å². The molecule has 0 spiro atoms. The summed E-state index contributed by atoms with van der Waals surface area (Å²) in [5.41, 5.74) is 5.73. The van der Waals surface area contributed by atoms with Gasteiger partial charge in [-0.15, -0.1) is 0 Å². The van der Waals surface area contributed by atoms with Crippen LogP contribution >= 0.6 is 0 Å². The average molecular weight is 216 g/mol. The van der Waals surface area contributed by atoms with Crippen LogP contribution in [0.1, 0.15) is 0 Å². The number of nitrogens with zero attached hydrogens (tertiary/aromatic N) is 2. The number of rotatable bonds is 3. The van der Waals surface area contributed by atoms with Crippen molar-refractivity contribution in [3.05, 3.63) is 36.5 Å². The zero-order valence-electron chi connectivity index (χ0n) is 8.84. The summed E-state index contributed by atoms with van der Waals surface area (Å²) < 4.78 is 5.53. The molecule has 0 fully saturated rings. The maximum atomic E-state index is 5.73. The quantitative estimate of drug-likeness (QED) is 0.819. The van der Waals surface area contributed by atoms with Crippen molar-refractivity contribution in [1.82, 2.24) is 9.97 Å². The first-order valence-electron chi connectivity index (χ1n) is 4.83. The van der Waals surface area contributed by atoms with E-state index in [0.29, 0.717) is 23.3 Å². The number of ether oxygens (including phenoxy) is 1. The Morgan fingerprint density at radius 3 is 2.62 bits per heavy atom. The van der Waals surface area contributed by atoms with Gasteiger partial charge in [0, 0.05) is 7.05 Å². The normalized spacial score (nSPS) is 9.81. The van der Waals surface area contributed by atoms with Crippen LogP contribution in [0.4, 0.5) is 11.8 Å². The van der Waals surface area contributed by atoms with Gasteiger partial charge in [0.1, 0.15) is 5.75 Å². The molecule has 0 saturated carbocycles. The number of anilines is 2. The molecule has 5 nitrogen and oxygen atoms in total. The van der Waals surface area contributed by atoms with Crippen LogP contribution in [-0.2, 0) is 0 Å². The van der Waals surface area contributed by atoms with Crippen LogP contribution in [0.2, 0.25) is 0 Å². The van der Waals surface area contributed by atoms with Crippen molar-refractivity contribution in [1.29, 1.82) is 0 Å². The van der Waals surface area contributed by atoms with Gasteiger partial charge in [-0.3, -0.25) is 0 Å². The molecule has 2 aromatic rings. The lowest BCUT2D eigenvalue weighted by molar-refractivity contribution is 0.480. The van der Waals surface area contributed by atoms with E-state index in [2.05, 4.69) is 15.3 Å². The Hall–Kier alpha value is -2.30. The zero-order chi connectivity index (χ0) is 11.4. The van der Waals surface area contributed by atoms with Crippen LogP contribution in [0.5, 0.6) is 11.5 Å². The highest BCUT2D eigenvalue weighted by atomic mass is 16.5. The molecule has 0 aliphatic carbocycles. The number of nitrogen functional groups attached to an aromatic ring is 1.